The van der Waals surface area contributed by atoms with Gasteiger partial charge in [0.2, 0.25) is 5.91 Å². The van der Waals surface area contributed by atoms with E-state index in [1.54, 1.807) is 26.4 Å². The first kappa shape index (κ1) is 21.6. The normalized spacial score (nSPS) is 15.6. The van der Waals surface area contributed by atoms with Crippen LogP contribution in [0.4, 0.5) is 0 Å². The fourth-order valence-electron chi connectivity index (χ4n) is 3.42. The maximum absolute atomic E-state index is 12.9. The highest BCUT2D eigenvalue weighted by molar-refractivity contribution is 6.31. The number of hydrogen-bond acceptors (Lipinski definition) is 5. The van der Waals surface area contributed by atoms with Gasteiger partial charge in [0.05, 0.1) is 26.0 Å². The number of carboxylic acid groups (broad SMARTS) is 1. The first-order valence-corrected chi connectivity index (χ1v) is 9.90. The van der Waals surface area contributed by atoms with E-state index in [0.717, 1.165) is 11.1 Å². The van der Waals surface area contributed by atoms with E-state index in [-0.39, 0.29) is 31.2 Å². The van der Waals surface area contributed by atoms with E-state index in [4.69, 9.17) is 26.2 Å². The van der Waals surface area contributed by atoms with Crippen molar-refractivity contribution in [1.29, 1.82) is 0 Å². The molecule has 30 heavy (non-hydrogen) atoms. The van der Waals surface area contributed by atoms with Crippen molar-refractivity contribution in [3.63, 3.8) is 0 Å². The van der Waals surface area contributed by atoms with Gasteiger partial charge in [0.25, 0.3) is 0 Å². The molecular formula is C22H23ClN2O5. The zero-order valence-electron chi connectivity index (χ0n) is 16.8. The van der Waals surface area contributed by atoms with Gasteiger partial charge in [0, 0.05) is 29.8 Å². The Balaban J connectivity index is 1.92. The minimum absolute atomic E-state index is 0.0669. The van der Waals surface area contributed by atoms with Crippen molar-refractivity contribution in [1.82, 2.24) is 5.01 Å². The lowest BCUT2D eigenvalue weighted by molar-refractivity contribution is -0.137. The van der Waals surface area contributed by atoms with Gasteiger partial charge in [-0.15, -0.1) is 0 Å². The molecule has 0 fully saturated rings. The molecule has 0 bridgehead atoms. The first-order chi connectivity index (χ1) is 14.4. The summed E-state index contributed by atoms with van der Waals surface area (Å²) >= 11 is 6.40. The summed E-state index contributed by atoms with van der Waals surface area (Å²) in [7, 11) is 3.12. The average Bonchev–Trinajstić information content (AvgIpc) is 3.18. The number of amides is 1. The van der Waals surface area contributed by atoms with Crippen molar-refractivity contribution >= 4 is 29.2 Å². The number of aliphatic carboxylic acids is 1. The summed E-state index contributed by atoms with van der Waals surface area (Å²) in [6, 6.07) is 12.5. The lowest BCUT2D eigenvalue weighted by Gasteiger charge is -2.22. The molecule has 2 aromatic rings. The summed E-state index contributed by atoms with van der Waals surface area (Å²) in [5.41, 5.74) is 2.32. The number of carbonyl (C=O) groups is 2. The van der Waals surface area contributed by atoms with Crippen LogP contribution in [0.1, 0.15) is 42.9 Å². The Morgan fingerprint density at radius 3 is 2.53 bits per heavy atom. The van der Waals surface area contributed by atoms with Crippen LogP contribution < -0.4 is 9.47 Å². The molecule has 7 nitrogen and oxygen atoms in total. The smallest absolute Gasteiger partial charge is 0.303 e. The molecule has 1 N–H and O–H groups in total. The van der Waals surface area contributed by atoms with Crippen LogP contribution in [-0.4, -0.2) is 41.9 Å². The quantitative estimate of drug-likeness (QED) is 0.674. The van der Waals surface area contributed by atoms with Gasteiger partial charge in [-0.2, -0.15) is 5.10 Å². The summed E-state index contributed by atoms with van der Waals surface area (Å²) in [5.74, 6) is 0.000345. The molecule has 0 aliphatic carbocycles. The molecule has 1 heterocycles. The summed E-state index contributed by atoms with van der Waals surface area (Å²) in [6.07, 6.45) is 0.754. The number of hydrazone groups is 1. The van der Waals surface area contributed by atoms with Gasteiger partial charge in [-0.25, -0.2) is 5.01 Å². The van der Waals surface area contributed by atoms with Crippen LogP contribution in [0.3, 0.4) is 0 Å². The largest absolute Gasteiger partial charge is 0.493 e. The van der Waals surface area contributed by atoms with Gasteiger partial charge in [0.1, 0.15) is 0 Å². The third-order valence-electron chi connectivity index (χ3n) is 4.93. The van der Waals surface area contributed by atoms with Gasteiger partial charge in [0.15, 0.2) is 11.5 Å². The lowest BCUT2D eigenvalue weighted by atomic mass is 9.98. The standard InChI is InChI=1S/C22H23ClN2O5/c1-29-19-11-10-14(12-20(19)30-2)17-13-18(15-6-3-4-7-16(15)23)25(24-17)21(26)8-5-9-22(27)28/h3-4,6-7,10-12,18H,5,8-9,13H2,1-2H3,(H,27,28). The average molecular weight is 431 g/mol. The molecule has 0 saturated heterocycles. The Morgan fingerprint density at radius 1 is 1.13 bits per heavy atom. The number of carboxylic acids is 1. The highest BCUT2D eigenvalue weighted by Gasteiger charge is 2.34. The van der Waals surface area contributed by atoms with E-state index in [1.807, 2.05) is 30.3 Å². The summed E-state index contributed by atoms with van der Waals surface area (Å²) in [6.45, 7) is 0. The molecule has 1 aliphatic rings. The van der Waals surface area contributed by atoms with E-state index >= 15 is 0 Å². The number of methoxy groups -OCH3 is 2. The summed E-state index contributed by atoms with van der Waals surface area (Å²) < 4.78 is 10.7. The van der Waals surface area contributed by atoms with Crippen molar-refractivity contribution in [2.24, 2.45) is 5.10 Å². The number of nitrogens with zero attached hydrogens (tertiary/aromatic N) is 2. The van der Waals surface area contributed by atoms with Gasteiger partial charge in [-0.05, 0) is 36.2 Å². The Morgan fingerprint density at radius 2 is 1.87 bits per heavy atom. The third kappa shape index (κ3) is 4.74. The minimum atomic E-state index is -0.929. The Labute approximate surface area is 179 Å². The molecule has 2 aromatic carbocycles. The Hall–Kier alpha value is -3.06. The van der Waals surface area contributed by atoms with Gasteiger partial charge < -0.3 is 14.6 Å². The van der Waals surface area contributed by atoms with Crippen LogP contribution in [0.25, 0.3) is 0 Å². The molecule has 1 atom stereocenters. The molecule has 0 saturated carbocycles. The second kappa shape index (κ2) is 9.63. The number of hydrogen-bond donors (Lipinski definition) is 1. The maximum atomic E-state index is 12.9. The van der Waals surface area contributed by atoms with E-state index < -0.39 is 5.97 Å². The first-order valence-electron chi connectivity index (χ1n) is 9.52. The highest BCUT2D eigenvalue weighted by atomic mass is 35.5. The van der Waals surface area contributed by atoms with E-state index in [1.165, 1.54) is 5.01 Å². The van der Waals surface area contributed by atoms with Gasteiger partial charge >= 0.3 is 5.97 Å². The van der Waals surface area contributed by atoms with E-state index in [0.29, 0.717) is 28.7 Å². The third-order valence-corrected chi connectivity index (χ3v) is 5.27. The topological polar surface area (TPSA) is 88.4 Å². The van der Waals surface area contributed by atoms with Crippen molar-refractivity contribution in [3.05, 3.63) is 58.6 Å². The predicted octanol–water partition coefficient (Wildman–Crippen LogP) is 4.29. The SMILES string of the molecule is COc1ccc(C2=NN(C(=O)CCCC(=O)O)C(c3ccccc3Cl)C2)cc1OC. The number of ether oxygens (including phenoxy) is 2. The molecule has 1 aliphatic heterocycles. The Bertz CT molecular complexity index is 976. The number of halogens is 1. The minimum Gasteiger partial charge on any atom is -0.493 e. The molecule has 158 valence electrons. The van der Waals surface area contributed by atoms with E-state index in [2.05, 4.69) is 5.10 Å². The number of rotatable bonds is 8. The zero-order chi connectivity index (χ0) is 21.7. The number of benzene rings is 2. The molecular weight excluding hydrogens is 408 g/mol. The predicted molar refractivity (Wildman–Crippen MR) is 113 cm³/mol. The second-order valence-electron chi connectivity index (χ2n) is 6.84. The fourth-order valence-corrected chi connectivity index (χ4v) is 3.69. The second-order valence-corrected chi connectivity index (χ2v) is 7.25. The lowest BCUT2D eigenvalue weighted by Crippen LogP contribution is -2.27. The molecule has 1 unspecified atom stereocenters. The molecule has 3 rings (SSSR count). The zero-order valence-corrected chi connectivity index (χ0v) is 17.6. The van der Waals surface area contributed by atoms with Crippen molar-refractivity contribution in [2.45, 2.75) is 31.7 Å². The van der Waals surface area contributed by atoms with Crippen molar-refractivity contribution in [2.75, 3.05) is 14.2 Å². The highest BCUT2D eigenvalue weighted by Crippen LogP contribution is 2.38. The maximum Gasteiger partial charge on any atom is 0.303 e. The van der Waals surface area contributed by atoms with Crippen LogP contribution >= 0.6 is 11.6 Å². The fraction of sp³-hybridized carbons (Fsp3) is 0.318. The number of carbonyl (C=O) groups excluding carboxylic acids is 1. The van der Waals surface area contributed by atoms with Crippen LogP contribution in [0.15, 0.2) is 47.6 Å². The van der Waals surface area contributed by atoms with Crippen LogP contribution in [0, 0.1) is 0 Å². The van der Waals surface area contributed by atoms with Crippen LogP contribution in [0.2, 0.25) is 5.02 Å². The molecule has 0 spiro atoms. The summed E-state index contributed by atoms with van der Waals surface area (Å²) in [5, 5.41) is 15.4. The molecule has 0 radical (unpaired) electrons. The van der Waals surface area contributed by atoms with E-state index in [9.17, 15) is 9.59 Å². The molecule has 8 heteroatoms. The van der Waals surface area contributed by atoms with Crippen molar-refractivity contribution < 1.29 is 24.2 Å². The summed E-state index contributed by atoms with van der Waals surface area (Å²) in [4.78, 5) is 23.7. The monoisotopic (exact) mass is 430 g/mol. The van der Waals surface area contributed by atoms with Crippen LogP contribution in [-0.2, 0) is 9.59 Å². The van der Waals surface area contributed by atoms with Gasteiger partial charge in [-0.3, -0.25) is 9.59 Å². The van der Waals surface area contributed by atoms with Gasteiger partial charge in [-0.1, -0.05) is 29.8 Å². The van der Waals surface area contributed by atoms with Crippen molar-refractivity contribution in [3.8, 4) is 11.5 Å². The molecule has 1 amide bonds. The molecule has 0 aromatic heterocycles. The Kier molecular flexibility index (Phi) is 6.95. The van der Waals surface area contributed by atoms with Crippen LogP contribution in [0.5, 0.6) is 11.5 Å².